The molecule has 0 spiro atoms. The van der Waals surface area contributed by atoms with Crippen LogP contribution in [0.25, 0.3) is 0 Å². The third-order valence-electron chi connectivity index (χ3n) is 5.52. The molecule has 150 valence electrons. The summed E-state index contributed by atoms with van der Waals surface area (Å²) in [6.45, 7) is 1.89. The van der Waals surface area contributed by atoms with Crippen LogP contribution in [0.4, 0.5) is 0 Å². The van der Waals surface area contributed by atoms with Gasteiger partial charge in [-0.3, -0.25) is 4.79 Å². The van der Waals surface area contributed by atoms with Gasteiger partial charge < -0.3 is 14.6 Å². The van der Waals surface area contributed by atoms with Crippen LogP contribution in [0.5, 0.6) is 0 Å². The van der Waals surface area contributed by atoms with Gasteiger partial charge in [-0.15, -0.1) is 0 Å². The first-order chi connectivity index (χ1) is 13.5. The highest BCUT2D eigenvalue weighted by Gasteiger charge is 2.49. The summed E-state index contributed by atoms with van der Waals surface area (Å²) in [5.74, 6) is -1.16. The number of aliphatic carboxylic acids is 1. The summed E-state index contributed by atoms with van der Waals surface area (Å²) >= 11 is 0. The van der Waals surface area contributed by atoms with Gasteiger partial charge in [0.1, 0.15) is 17.6 Å². The second kappa shape index (κ2) is 9.04. The number of ether oxygens (including phenoxy) is 2. The third-order valence-corrected chi connectivity index (χ3v) is 5.52. The molecule has 0 amide bonds. The van der Waals surface area contributed by atoms with Crippen LogP contribution in [0.15, 0.2) is 47.8 Å². The van der Waals surface area contributed by atoms with Crippen molar-refractivity contribution < 1.29 is 29.0 Å². The lowest BCUT2D eigenvalue weighted by Crippen LogP contribution is -2.39. The van der Waals surface area contributed by atoms with E-state index < -0.39 is 11.9 Å². The van der Waals surface area contributed by atoms with Gasteiger partial charge in [0.15, 0.2) is 0 Å². The molecule has 2 fully saturated rings. The fourth-order valence-electron chi connectivity index (χ4n) is 4.24. The first kappa shape index (κ1) is 20.1. The smallest absolute Gasteiger partial charge is 0.338 e. The number of hydrogen-bond acceptors (Lipinski definition) is 5. The minimum absolute atomic E-state index is 0.166. The van der Waals surface area contributed by atoms with Gasteiger partial charge in [0, 0.05) is 24.3 Å². The maximum absolute atomic E-state index is 12.9. The minimum atomic E-state index is -1.02. The van der Waals surface area contributed by atoms with Crippen LogP contribution in [0.1, 0.15) is 45.4 Å². The van der Waals surface area contributed by atoms with Gasteiger partial charge in [-0.1, -0.05) is 30.7 Å². The molecule has 1 saturated carbocycles. The monoisotopic (exact) mass is 386 g/mol. The van der Waals surface area contributed by atoms with E-state index in [4.69, 9.17) is 14.6 Å². The molecule has 0 unspecified atom stereocenters. The molecular formula is C22H26O6. The second-order valence-electron chi connectivity index (χ2n) is 7.51. The van der Waals surface area contributed by atoms with Crippen molar-refractivity contribution in [3.05, 3.63) is 47.8 Å². The van der Waals surface area contributed by atoms with Crippen LogP contribution < -0.4 is 0 Å². The summed E-state index contributed by atoms with van der Waals surface area (Å²) in [5, 5.41) is 8.58. The Hall–Kier alpha value is -2.63. The van der Waals surface area contributed by atoms with Crippen molar-refractivity contribution in [2.24, 2.45) is 11.8 Å². The molecule has 0 bridgehead atoms. The fraction of sp³-hybridized carbons (Fsp3) is 0.500. The van der Waals surface area contributed by atoms with Gasteiger partial charge in [-0.2, -0.15) is 0 Å². The van der Waals surface area contributed by atoms with E-state index >= 15 is 0 Å². The highest BCUT2D eigenvalue weighted by Crippen LogP contribution is 2.45. The number of carboxylic acid groups (broad SMARTS) is 1. The molecule has 0 aromatic carbocycles. The third kappa shape index (κ3) is 4.61. The van der Waals surface area contributed by atoms with Gasteiger partial charge in [0.25, 0.3) is 0 Å². The summed E-state index contributed by atoms with van der Waals surface area (Å²) in [4.78, 5) is 35.9. The van der Waals surface area contributed by atoms with Crippen LogP contribution in [0.3, 0.4) is 0 Å². The van der Waals surface area contributed by atoms with Crippen LogP contribution in [0.2, 0.25) is 0 Å². The van der Waals surface area contributed by atoms with Crippen molar-refractivity contribution >= 4 is 17.7 Å². The summed E-state index contributed by atoms with van der Waals surface area (Å²) in [6, 6.07) is 0. The molecule has 0 aromatic heterocycles. The Bertz CT molecular complexity index is 757. The van der Waals surface area contributed by atoms with Crippen molar-refractivity contribution in [3.63, 3.8) is 0 Å². The van der Waals surface area contributed by atoms with Crippen molar-refractivity contribution in [2.75, 3.05) is 0 Å². The number of esters is 1. The quantitative estimate of drug-likeness (QED) is 0.452. The Kier molecular flexibility index (Phi) is 6.49. The standard InChI is InChI=1S/C22H26O6/c1-14-8-6-7-9-15-16(23)12-13-18-20(15)21(22(26)27-14)17(28-18)10-4-2-3-5-11-19(24)25/h2-5,10-11,14-15,18,20H,6-9,12-13H2,1H3,(H,24,25)/b3-2+,10-4+,11-5+/t14-,15-,18+,20+/m0/s1. The number of cyclic esters (lactones) is 1. The van der Waals surface area contributed by atoms with Crippen LogP contribution in [-0.2, 0) is 23.9 Å². The highest BCUT2D eigenvalue weighted by atomic mass is 16.5. The molecule has 6 nitrogen and oxygen atoms in total. The summed E-state index contributed by atoms with van der Waals surface area (Å²) in [7, 11) is 0. The van der Waals surface area contributed by atoms with Gasteiger partial charge in [-0.25, -0.2) is 9.59 Å². The Balaban J connectivity index is 1.88. The molecular weight excluding hydrogens is 360 g/mol. The van der Waals surface area contributed by atoms with Crippen molar-refractivity contribution in [1.82, 2.24) is 0 Å². The van der Waals surface area contributed by atoms with Gasteiger partial charge in [-0.05, 0) is 38.7 Å². The first-order valence-electron chi connectivity index (χ1n) is 9.86. The SMILES string of the molecule is C[C@H]1CCCC[C@H]2C(=O)CC[C@H]3OC(/C=C/C=C/C=C/C(=O)O)=C(C(=O)O1)[C@@H]32. The normalized spacial score (nSPS) is 31.3. The molecule has 3 rings (SSSR count). The van der Waals surface area contributed by atoms with Crippen LogP contribution in [0, 0.1) is 11.8 Å². The van der Waals surface area contributed by atoms with Gasteiger partial charge in [0.05, 0.1) is 11.7 Å². The molecule has 1 saturated heterocycles. The molecule has 6 heteroatoms. The van der Waals surface area contributed by atoms with Crippen LogP contribution >= 0.6 is 0 Å². The number of Topliss-reactive ketones (excluding diaryl/α,β-unsaturated/α-hetero) is 1. The minimum Gasteiger partial charge on any atom is -0.489 e. The van der Waals surface area contributed by atoms with Gasteiger partial charge in [0.2, 0.25) is 0 Å². The van der Waals surface area contributed by atoms with Crippen LogP contribution in [-0.4, -0.2) is 35.0 Å². The maximum Gasteiger partial charge on any atom is 0.338 e. The molecule has 4 atom stereocenters. The van der Waals surface area contributed by atoms with Crippen molar-refractivity contribution in [1.29, 1.82) is 0 Å². The average Bonchev–Trinajstić information content (AvgIpc) is 3.01. The zero-order valence-corrected chi connectivity index (χ0v) is 16.0. The molecule has 3 aliphatic rings. The number of carboxylic acids is 1. The van der Waals surface area contributed by atoms with Crippen molar-refractivity contribution in [3.8, 4) is 0 Å². The topological polar surface area (TPSA) is 89.9 Å². The molecule has 0 radical (unpaired) electrons. The number of hydrogen-bond donors (Lipinski definition) is 1. The van der Waals surface area contributed by atoms with E-state index in [1.54, 1.807) is 24.3 Å². The Labute approximate surface area is 164 Å². The lowest BCUT2D eigenvalue weighted by molar-refractivity contribution is -0.145. The van der Waals surface area contributed by atoms with E-state index in [9.17, 15) is 14.4 Å². The predicted molar refractivity (Wildman–Crippen MR) is 102 cm³/mol. The lowest BCUT2D eigenvalue weighted by Gasteiger charge is -2.33. The average molecular weight is 386 g/mol. The van der Waals surface area contributed by atoms with E-state index in [1.807, 2.05) is 6.92 Å². The molecule has 2 heterocycles. The summed E-state index contributed by atoms with van der Waals surface area (Å²) < 4.78 is 11.7. The number of rotatable bonds is 4. The lowest BCUT2D eigenvalue weighted by atomic mass is 9.71. The predicted octanol–water partition coefficient (Wildman–Crippen LogP) is 3.49. The molecule has 1 aliphatic carbocycles. The largest absolute Gasteiger partial charge is 0.489 e. The van der Waals surface area contributed by atoms with Gasteiger partial charge >= 0.3 is 11.9 Å². The second-order valence-corrected chi connectivity index (χ2v) is 7.51. The Morgan fingerprint density at radius 3 is 2.57 bits per heavy atom. The number of carbonyl (C=O) groups excluding carboxylic acids is 2. The summed E-state index contributed by atoms with van der Waals surface area (Å²) in [5.41, 5.74) is 0.475. The van der Waals surface area contributed by atoms with Crippen molar-refractivity contribution in [2.45, 2.75) is 57.7 Å². The molecule has 1 N–H and O–H groups in total. The maximum atomic E-state index is 12.9. The highest BCUT2D eigenvalue weighted by molar-refractivity contribution is 5.93. The fourth-order valence-corrected chi connectivity index (χ4v) is 4.24. The molecule has 0 aromatic rings. The number of carbonyl (C=O) groups is 3. The van der Waals surface area contributed by atoms with E-state index in [2.05, 4.69) is 0 Å². The van der Waals surface area contributed by atoms with E-state index in [-0.39, 0.29) is 29.8 Å². The molecule has 28 heavy (non-hydrogen) atoms. The zero-order valence-electron chi connectivity index (χ0n) is 16.0. The van der Waals surface area contributed by atoms with E-state index in [0.717, 1.165) is 31.8 Å². The van der Waals surface area contributed by atoms with E-state index in [1.165, 1.54) is 6.08 Å². The summed E-state index contributed by atoms with van der Waals surface area (Å²) in [6.07, 6.45) is 13.3. The Morgan fingerprint density at radius 2 is 1.79 bits per heavy atom. The zero-order chi connectivity index (χ0) is 20.1. The number of ketones is 1. The Morgan fingerprint density at radius 1 is 1.04 bits per heavy atom. The molecule has 2 aliphatic heterocycles. The van der Waals surface area contributed by atoms with E-state index in [0.29, 0.717) is 24.2 Å². The number of allylic oxidation sites excluding steroid dienone is 5. The first-order valence-corrected chi connectivity index (χ1v) is 9.86.